The lowest BCUT2D eigenvalue weighted by molar-refractivity contribution is 0.686. The average Bonchev–Trinajstić information content (AvgIpc) is 3.56. The van der Waals surface area contributed by atoms with Crippen molar-refractivity contribution in [2.75, 3.05) is 12.5 Å². The number of aromatic amines is 1. The highest BCUT2D eigenvalue weighted by atomic mass is 32.2. The van der Waals surface area contributed by atoms with Crippen LogP contribution in [-0.2, 0) is 13.0 Å². The number of imidazole rings is 1. The number of unbranched alkanes of at least 4 members (excludes halogenated alkanes) is 1. The molecule has 178 valence electrons. The fourth-order valence-corrected chi connectivity index (χ4v) is 5.28. The number of H-pyrrole nitrogens is 1. The van der Waals surface area contributed by atoms with Gasteiger partial charge in [-0.1, -0.05) is 61.9 Å². The summed E-state index contributed by atoms with van der Waals surface area (Å²) >= 11 is 3.20. The number of rotatable bonds is 9. The summed E-state index contributed by atoms with van der Waals surface area (Å²) in [4.78, 5) is 5.08. The average molecular weight is 503 g/mol. The number of hydrogen-bond acceptors (Lipinski definition) is 8. The number of tetrazole rings is 1. The minimum Gasteiger partial charge on any atom is -0.321 e. The van der Waals surface area contributed by atoms with Crippen LogP contribution in [0.15, 0.2) is 58.6 Å². The molecular weight excluding hydrogens is 476 g/mol. The smallest absolute Gasteiger partial charge is 0.205 e. The fraction of sp³-hybridized carbons (Fsp3) is 0.280. The minimum absolute atomic E-state index is 0.580. The van der Waals surface area contributed by atoms with Crippen molar-refractivity contribution in [2.24, 2.45) is 0 Å². The zero-order chi connectivity index (χ0) is 24.2. The number of thioether (sulfide) groups is 2. The molecule has 3 aromatic heterocycles. The summed E-state index contributed by atoms with van der Waals surface area (Å²) in [5, 5.41) is 25.5. The lowest BCUT2D eigenvalue weighted by Gasteiger charge is -2.16. The van der Waals surface area contributed by atoms with E-state index in [1.165, 1.54) is 5.56 Å². The van der Waals surface area contributed by atoms with Crippen LogP contribution in [0, 0.1) is 0 Å². The van der Waals surface area contributed by atoms with Crippen LogP contribution in [0.4, 0.5) is 0 Å². The molecule has 0 atom stereocenters. The van der Waals surface area contributed by atoms with E-state index in [0.29, 0.717) is 12.4 Å². The van der Waals surface area contributed by atoms with Crippen molar-refractivity contribution in [3.05, 3.63) is 59.9 Å². The zero-order valence-electron chi connectivity index (χ0n) is 19.9. The van der Waals surface area contributed by atoms with Gasteiger partial charge in [-0.2, -0.15) is 5.21 Å². The lowest BCUT2D eigenvalue weighted by atomic mass is 9.95. The van der Waals surface area contributed by atoms with Gasteiger partial charge < -0.3 is 4.57 Å². The summed E-state index contributed by atoms with van der Waals surface area (Å²) in [5.74, 6) is 1.65. The maximum absolute atomic E-state index is 5.08. The van der Waals surface area contributed by atoms with Crippen LogP contribution >= 0.6 is 23.5 Å². The van der Waals surface area contributed by atoms with Crippen LogP contribution in [0.5, 0.6) is 0 Å². The van der Waals surface area contributed by atoms with Crippen molar-refractivity contribution in [2.45, 2.75) is 42.8 Å². The molecule has 2 aromatic carbocycles. The van der Waals surface area contributed by atoms with E-state index in [4.69, 9.17) is 4.98 Å². The Labute approximate surface area is 212 Å². The van der Waals surface area contributed by atoms with Gasteiger partial charge in [-0.3, -0.25) is 0 Å². The first-order valence-corrected chi connectivity index (χ1v) is 13.9. The Hall–Kier alpha value is -3.24. The Kier molecular flexibility index (Phi) is 7.10. The molecule has 8 nitrogen and oxygen atoms in total. The summed E-state index contributed by atoms with van der Waals surface area (Å²) in [7, 11) is 0. The molecule has 5 aromatic rings. The monoisotopic (exact) mass is 502 g/mol. The molecule has 0 bridgehead atoms. The maximum Gasteiger partial charge on any atom is 0.205 e. The summed E-state index contributed by atoms with van der Waals surface area (Å²) < 4.78 is 2.33. The molecule has 0 spiro atoms. The Morgan fingerprint density at radius 1 is 0.857 bits per heavy atom. The summed E-state index contributed by atoms with van der Waals surface area (Å²) in [5.41, 5.74) is 6.33. The van der Waals surface area contributed by atoms with Crippen molar-refractivity contribution in [1.29, 1.82) is 0 Å². The molecule has 5 rings (SSSR count). The summed E-state index contributed by atoms with van der Waals surface area (Å²) in [6.07, 6.45) is 7.17. The highest BCUT2D eigenvalue weighted by molar-refractivity contribution is 7.99. The molecule has 3 heterocycles. The van der Waals surface area contributed by atoms with Gasteiger partial charge in [-0.15, -0.1) is 43.9 Å². The van der Waals surface area contributed by atoms with Gasteiger partial charge in [0.15, 0.2) is 0 Å². The van der Waals surface area contributed by atoms with E-state index in [2.05, 4.69) is 72.6 Å². The molecule has 35 heavy (non-hydrogen) atoms. The molecule has 0 fully saturated rings. The number of hydrogen-bond donors (Lipinski definition) is 1. The predicted molar refractivity (Wildman–Crippen MR) is 142 cm³/mol. The molecule has 0 amide bonds. The van der Waals surface area contributed by atoms with Gasteiger partial charge >= 0.3 is 0 Å². The van der Waals surface area contributed by atoms with E-state index in [9.17, 15) is 0 Å². The Morgan fingerprint density at radius 3 is 2.29 bits per heavy atom. The van der Waals surface area contributed by atoms with Crippen LogP contribution < -0.4 is 0 Å². The van der Waals surface area contributed by atoms with E-state index in [0.717, 1.165) is 62.9 Å². The molecule has 0 unspecified atom stereocenters. The van der Waals surface area contributed by atoms with Crippen LogP contribution in [0.2, 0.25) is 0 Å². The number of nitrogens with zero attached hydrogens (tertiary/aromatic N) is 7. The first-order chi connectivity index (χ1) is 17.2. The lowest BCUT2D eigenvalue weighted by Crippen LogP contribution is -2.08. The van der Waals surface area contributed by atoms with E-state index in [1.807, 2.05) is 30.7 Å². The highest BCUT2D eigenvalue weighted by Crippen LogP contribution is 2.35. The molecule has 0 saturated heterocycles. The number of benzene rings is 2. The van der Waals surface area contributed by atoms with Crippen LogP contribution in [0.25, 0.3) is 33.5 Å². The van der Waals surface area contributed by atoms with E-state index in [1.54, 1.807) is 23.5 Å². The van der Waals surface area contributed by atoms with Gasteiger partial charge in [0, 0.05) is 12.0 Å². The van der Waals surface area contributed by atoms with Crippen molar-refractivity contribution < 1.29 is 0 Å². The molecule has 0 radical (unpaired) electrons. The standard InChI is InChI=1S/C25H26N8S2/c1-4-5-14-20-26-21-22(25(35-3)30-29-24(21)34-2)33(20)15-16-10-6-7-11-17(16)18-12-8-9-13-19(18)23-27-31-32-28-23/h6-13H,4-5,14-15H2,1-3H3,(H,27,28,31,32). The van der Waals surface area contributed by atoms with Crippen LogP contribution in [0.1, 0.15) is 31.2 Å². The minimum atomic E-state index is 0.580. The predicted octanol–water partition coefficient (Wildman–Crippen LogP) is 5.51. The van der Waals surface area contributed by atoms with Gasteiger partial charge in [-0.05, 0) is 40.8 Å². The molecule has 0 aliphatic carbocycles. The third-order valence-corrected chi connectivity index (χ3v) is 7.30. The summed E-state index contributed by atoms with van der Waals surface area (Å²) in [6.45, 7) is 2.89. The van der Waals surface area contributed by atoms with E-state index >= 15 is 0 Å². The fourth-order valence-electron chi connectivity index (χ4n) is 4.30. The number of aromatic nitrogens is 8. The van der Waals surface area contributed by atoms with Crippen molar-refractivity contribution in [3.63, 3.8) is 0 Å². The van der Waals surface area contributed by atoms with Crippen molar-refractivity contribution in [1.82, 2.24) is 40.4 Å². The van der Waals surface area contributed by atoms with Crippen LogP contribution in [-0.4, -0.2) is 52.9 Å². The second-order valence-corrected chi connectivity index (χ2v) is 9.66. The third kappa shape index (κ3) is 4.55. The Morgan fingerprint density at radius 2 is 1.57 bits per heavy atom. The SMILES string of the molecule is CCCCc1nc2c(SC)nnc(SC)c2n1Cc1ccccc1-c1ccccc1-c1nn[nH]n1. The Bertz CT molecular complexity index is 1450. The zero-order valence-corrected chi connectivity index (χ0v) is 21.5. The second kappa shape index (κ2) is 10.6. The van der Waals surface area contributed by atoms with Gasteiger partial charge in [0.25, 0.3) is 0 Å². The van der Waals surface area contributed by atoms with E-state index < -0.39 is 0 Å². The number of nitrogens with one attached hydrogen (secondary N) is 1. The van der Waals surface area contributed by atoms with Crippen LogP contribution in [0.3, 0.4) is 0 Å². The number of aryl methyl sites for hydroxylation is 1. The van der Waals surface area contributed by atoms with Gasteiger partial charge in [0.05, 0.1) is 6.54 Å². The molecule has 0 aliphatic heterocycles. The summed E-state index contributed by atoms with van der Waals surface area (Å²) in [6, 6.07) is 16.7. The third-order valence-electron chi connectivity index (χ3n) is 5.97. The molecule has 1 N–H and O–H groups in total. The van der Waals surface area contributed by atoms with Crippen molar-refractivity contribution >= 4 is 34.6 Å². The largest absolute Gasteiger partial charge is 0.321 e. The quantitative estimate of drug-likeness (QED) is 0.264. The van der Waals surface area contributed by atoms with Gasteiger partial charge in [-0.25, -0.2) is 4.98 Å². The Balaban J connectivity index is 1.68. The first kappa shape index (κ1) is 23.5. The molecule has 10 heteroatoms. The molecular formula is C25H26N8S2. The molecule has 0 aliphatic rings. The first-order valence-electron chi connectivity index (χ1n) is 11.5. The van der Waals surface area contributed by atoms with E-state index in [-0.39, 0.29) is 0 Å². The molecule has 0 saturated carbocycles. The van der Waals surface area contributed by atoms with Crippen molar-refractivity contribution in [3.8, 4) is 22.5 Å². The van der Waals surface area contributed by atoms with Gasteiger partial charge in [0.2, 0.25) is 5.82 Å². The topological polar surface area (TPSA) is 98.1 Å². The highest BCUT2D eigenvalue weighted by Gasteiger charge is 2.21. The number of fused-ring (bicyclic) bond motifs is 1. The maximum atomic E-state index is 5.08. The second-order valence-electron chi connectivity index (χ2n) is 8.07. The normalized spacial score (nSPS) is 11.4. The van der Waals surface area contributed by atoms with Gasteiger partial charge in [0.1, 0.15) is 26.9 Å².